The van der Waals surface area contributed by atoms with Gasteiger partial charge in [0.15, 0.2) is 0 Å². The van der Waals surface area contributed by atoms with Crippen LogP contribution in [0.1, 0.15) is 5.56 Å². The van der Waals surface area contributed by atoms with Gasteiger partial charge in [-0.05, 0) is 12.1 Å². The number of halogens is 1. The number of aliphatic hydroxyl groups is 1. The zero-order chi connectivity index (χ0) is 19.0. The van der Waals surface area contributed by atoms with Gasteiger partial charge in [0.2, 0.25) is 11.8 Å². The van der Waals surface area contributed by atoms with Crippen molar-refractivity contribution in [2.24, 2.45) is 0 Å². The van der Waals surface area contributed by atoms with E-state index in [0.717, 1.165) is 5.56 Å². The molecule has 0 spiro atoms. The zero-order valence-electron chi connectivity index (χ0n) is 14.6. The molecule has 2 fully saturated rings. The van der Waals surface area contributed by atoms with Crippen LogP contribution in [0.3, 0.4) is 0 Å². The number of para-hydroxylation sites is 1. The molecular formula is C18H20FN5O3. The van der Waals surface area contributed by atoms with E-state index in [0.29, 0.717) is 31.9 Å². The van der Waals surface area contributed by atoms with Gasteiger partial charge in [0.25, 0.3) is 0 Å². The second-order valence-corrected chi connectivity index (χ2v) is 6.77. The Balaban J connectivity index is 1.44. The molecule has 1 aromatic heterocycles. The summed E-state index contributed by atoms with van der Waals surface area (Å²) >= 11 is 0. The topological polar surface area (TPSA) is 90.7 Å². The van der Waals surface area contributed by atoms with Crippen LogP contribution in [-0.4, -0.2) is 74.8 Å². The van der Waals surface area contributed by atoms with Crippen molar-refractivity contribution in [2.75, 3.05) is 26.2 Å². The average molecular weight is 373 g/mol. The molecule has 2 aromatic rings. The van der Waals surface area contributed by atoms with Gasteiger partial charge in [0, 0.05) is 37.9 Å². The van der Waals surface area contributed by atoms with Crippen LogP contribution in [0.5, 0.6) is 0 Å². The first-order chi connectivity index (χ1) is 13.1. The van der Waals surface area contributed by atoms with Gasteiger partial charge in [-0.1, -0.05) is 12.1 Å². The highest BCUT2D eigenvalue weighted by atomic mass is 19.1. The zero-order valence-corrected chi connectivity index (χ0v) is 14.6. The Kier molecular flexibility index (Phi) is 4.63. The second-order valence-electron chi connectivity index (χ2n) is 6.77. The molecule has 2 aliphatic rings. The third-order valence-electron chi connectivity index (χ3n) is 4.99. The van der Waals surface area contributed by atoms with E-state index in [4.69, 9.17) is 0 Å². The number of nitrogens with zero attached hydrogens (tertiary/aromatic N) is 4. The summed E-state index contributed by atoms with van der Waals surface area (Å²) in [5, 5.41) is 16.0. The van der Waals surface area contributed by atoms with E-state index in [1.807, 2.05) is 0 Å². The molecule has 0 unspecified atom stereocenters. The third kappa shape index (κ3) is 3.31. The highest BCUT2D eigenvalue weighted by Gasteiger charge is 2.43. The molecule has 2 saturated heterocycles. The van der Waals surface area contributed by atoms with Gasteiger partial charge in [-0.3, -0.25) is 14.5 Å². The SMILES string of the molecule is O=C1N[C@H](CO)C(=O)N2CCN(Cc3cnn(-c4ccccc4F)c3)C[C@H]12. The molecule has 4 rings (SSSR count). The van der Waals surface area contributed by atoms with Crippen LogP contribution in [-0.2, 0) is 16.1 Å². The van der Waals surface area contributed by atoms with Crippen LogP contribution in [0.25, 0.3) is 5.69 Å². The Morgan fingerprint density at radius 3 is 2.85 bits per heavy atom. The minimum Gasteiger partial charge on any atom is -0.394 e. The summed E-state index contributed by atoms with van der Waals surface area (Å²) in [6, 6.07) is 5.00. The third-order valence-corrected chi connectivity index (χ3v) is 4.99. The summed E-state index contributed by atoms with van der Waals surface area (Å²) in [5.41, 5.74) is 1.27. The summed E-state index contributed by atoms with van der Waals surface area (Å²) in [6.07, 6.45) is 3.44. The predicted molar refractivity (Wildman–Crippen MR) is 93.3 cm³/mol. The molecule has 2 N–H and O–H groups in total. The van der Waals surface area contributed by atoms with E-state index in [9.17, 15) is 19.1 Å². The molecule has 2 atom stereocenters. The van der Waals surface area contributed by atoms with Crippen LogP contribution >= 0.6 is 0 Å². The smallest absolute Gasteiger partial charge is 0.248 e. The standard InChI is InChI=1S/C18H20FN5O3/c19-13-3-1-2-4-15(13)24-9-12(7-20-24)8-22-5-6-23-16(10-22)17(26)21-14(11-25)18(23)27/h1-4,7,9,14,16,25H,5-6,8,10-11H2,(H,21,26)/t14-,16-/m1/s1. The lowest BCUT2D eigenvalue weighted by Gasteiger charge is -2.44. The maximum absolute atomic E-state index is 13.9. The summed E-state index contributed by atoms with van der Waals surface area (Å²) in [6.45, 7) is 1.59. The number of aliphatic hydroxyl groups excluding tert-OH is 1. The lowest BCUT2D eigenvalue weighted by atomic mass is 10.0. The molecule has 2 amide bonds. The van der Waals surface area contributed by atoms with E-state index < -0.39 is 18.7 Å². The van der Waals surface area contributed by atoms with Crippen molar-refractivity contribution in [3.63, 3.8) is 0 Å². The summed E-state index contributed by atoms with van der Waals surface area (Å²) in [5.74, 6) is -0.842. The number of nitrogens with one attached hydrogen (secondary N) is 1. The van der Waals surface area contributed by atoms with Gasteiger partial charge in [0.1, 0.15) is 23.6 Å². The fourth-order valence-corrected chi connectivity index (χ4v) is 3.59. The number of piperazine rings is 2. The summed E-state index contributed by atoms with van der Waals surface area (Å²) in [7, 11) is 0. The lowest BCUT2D eigenvalue weighted by Crippen LogP contribution is -2.69. The maximum Gasteiger partial charge on any atom is 0.248 e. The summed E-state index contributed by atoms with van der Waals surface area (Å²) < 4.78 is 15.4. The Morgan fingerprint density at radius 1 is 1.26 bits per heavy atom. The van der Waals surface area contributed by atoms with Crippen molar-refractivity contribution in [2.45, 2.75) is 18.6 Å². The monoisotopic (exact) mass is 373 g/mol. The van der Waals surface area contributed by atoms with Gasteiger partial charge in [-0.2, -0.15) is 5.10 Å². The quantitative estimate of drug-likeness (QED) is 0.755. The number of rotatable bonds is 4. The Hall–Kier alpha value is -2.78. The van der Waals surface area contributed by atoms with Gasteiger partial charge < -0.3 is 15.3 Å². The fourth-order valence-electron chi connectivity index (χ4n) is 3.59. The Labute approximate surface area is 155 Å². The second kappa shape index (κ2) is 7.09. The lowest BCUT2D eigenvalue weighted by molar-refractivity contribution is -0.154. The van der Waals surface area contributed by atoms with Crippen LogP contribution in [0.15, 0.2) is 36.7 Å². The molecule has 3 heterocycles. The number of carbonyl (C=O) groups excluding carboxylic acids is 2. The molecule has 0 saturated carbocycles. The molecule has 1 aromatic carbocycles. The largest absolute Gasteiger partial charge is 0.394 e. The van der Waals surface area contributed by atoms with Crippen molar-refractivity contribution < 1.29 is 19.1 Å². The number of carbonyl (C=O) groups is 2. The minimum absolute atomic E-state index is 0.242. The predicted octanol–water partition coefficient (Wildman–Crippen LogP) is -0.485. The molecule has 2 aliphatic heterocycles. The molecule has 8 nitrogen and oxygen atoms in total. The van der Waals surface area contributed by atoms with Crippen LogP contribution < -0.4 is 5.32 Å². The van der Waals surface area contributed by atoms with Crippen molar-refractivity contribution in [3.05, 3.63) is 48.0 Å². The Morgan fingerprint density at radius 2 is 2.07 bits per heavy atom. The van der Waals surface area contributed by atoms with Crippen molar-refractivity contribution in [3.8, 4) is 5.69 Å². The first kappa shape index (κ1) is 17.6. The van der Waals surface area contributed by atoms with Crippen LogP contribution in [0.2, 0.25) is 0 Å². The summed E-state index contributed by atoms with van der Waals surface area (Å²) in [4.78, 5) is 28.2. The average Bonchev–Trinajstić information content (AvgIpc) is 3.13. The van der Waals surface area contributed by atoms with Gasteiger partial charge in [0.05, 0.1) is 12.8 Å². The maximum atomic E-state index is 13.9. The van der Waals surface area contributed by atoms with E-state index in [1.165, 1.54) is 10.7 Å². The van der Waals surface area contributed by atoms with Crippen LogP contribution in [0.4, 0.5) is 4.39 Å². The van der Waals surface area contributed by atoms with Crippen molar-refractivity contribution in [1.29, 1.82) is 0 Å². The highest BCUT2D eigenvalue weighted by Crippen LogP contribution is 2.19. The molecule has 0 radical (unpaired) electrons. The van der Waals surface area contributed by atoms with Gasteiger partial charge in [-0.15, -0.1) is 0 Å². The van der Waals surface area contributed by atoms with E-state index in [1.54, 1.807) is 35.5 Å². The molecule has 27 heavy (non-hydrogen) atoms. The molecule has 0 aliphatic carbocycles. The first-order valence-electron chi connectivity index (χ1n) is 8.79. The number of fused-ring (bicyclic) bond motifs is 1. The van der Waals surface area contributed by atoms with E-state index in [-0.39, 0.29) is 17.6 Å². The Bertz CT molecular complexity index is 870. The number of benzene rings is 1. The molecular weight excluding hydrogens is 353 g/mol. The van der Waals surface area contributed by atoms with Gasteiger partial charge in [-0.25, -0.2) is 9.07 Å². The fraction of sp³-hybridized carbons (Fsp3) is 0.389. The van der Waals surface area contributed by atoms with E-state index >= 15 is 0 Å². The molecule has 0 bridgehead atoms. The number of hydrogen-bond acceptors (Lipinski definition) is 5. The molecule has 9 heteroatoms. The van der Waals surface area contributed by atoms with Crippen molar-refractivity contribution in [1.82, 2.24) is 24.9 Å². The number of amides is 2. The number of hydrogen-bond donors (Lipinski definition) is 2. The number of aromatic nitrogens is 2. The van der Waals surface area contributed by atoms with Gasteiger partial charge >= 0.3 is 0 Å². The minimum atomic E-state index is -0.848. The van der Waals surface area contributed by atoms with Crippen LogP contribution in [0, 0.1) is 5.82 Å². The first-order valence-corrected chi connectivity index (χ1v) is 8.79. The van der Waals surface area contributed by atoms with E-state index in [2.05, 4.69) is 15.3 Å². The normalized spacial score (nSPS) is 23.3. The highest BCUT2D eigenvalue weighted by molar-refractivity contribution is 5.97. The van der Waals surface area contributed by atoms with Crippen molar-refractivity contribution >= 4 is 11.8 Å². The molecule has 142 valence electrons.